The van der Waals surface area contributed by atoms with Crippen LogP contribution in [0.2, 0.25) is 0 Å². The number of hydrogen-bond acceptors (Lipinski definition) is 5. The van der Waals surface area contributed by atoms with Crippen LogP contribution in [0.5, 0.6) is 5.75 Å². The van der Waals surface area contributed by atoms with Crippen LogP contribution in [0.3, 0.4) is 0 Å². The fraction of sp³-hybridized carbons (Fsp3) is 0.500. The normalized spacial score (nSPS) is 20.6. The highest BCUT2D eigenvalue weighted by molar-refractivity contribution is 7.89. The molecular formula is C12H18N2O4S. The molecule has 1 unspecified atom stereocenters. The second-order valence-electron chi connectivity index (χ2n) is 4.44. The molecule has 2 rings (SSSR count). The average Bonchev–Trinajstić information content (AvgIpc) is 2.79. The number of ether oxygens (including phenoxy) is 1. The molecule has 1 aliphatic rings. The Hall–Kier alpha value is -1.31. The van der Waals surface area contributed by atoms with E-state index in [1.54, 1.807) is 19.1 Å². The van der Waals surface area contributed by atoms with Crippen molar-refractivity contribution in [3.63, 3.8) is 0 Å². The van der Waals surface area contributed by atoms with Crippen molar-refractivity contribution in [3.05, 3.63) is 18.2 Å². The summed E-state index contributed by atoms with van der Waals surface area (Å²) >= 11 is 0. The molecule has 0 radical (unpaired) electrons. The Balaban J connectivity index is 2.41. The molecule has 6 nitrogen and oxygen atoms in total. The summed E-state index contributed by atoms with van der Waals surface area (Å²) in [6, 6.07) is 4.55. The maximum Gasteiger partial charge on any atom is 0.246 e. The molecule has 1 heterocycles. The Labute approximate surface area is 112 Å². The average molecular weight is 286 g/mol. The van der Waals surface area contributed by atoms with Gasteiger partial charge in [0.2, 0.25) is 10.0 Å². The van der Waals surface area contributed by atoms with Crippen LogP contribution < -0.4 is 10.5 Å². The molecule has 0 saturated carbocycles. The quantitative estimate of drug-likeness (QED) is 0.783. The van der Waals surface area contributed by atoms with E-state index in [-0.39, 0.29) is 17.2 Å². The van der Waals surface area contributed by atoms with Crippen LogP contribution >= 0.6 is 0 Å². The van der Waals surface area contributed by atoms with Gasteiger partial charge in [0.25, 0.3) is 0 Å². The summed E-state index contributed by atoms with van der Waals surface area (Å²) in [7, 11) is -3.68. The summed E-state index contributed by atoms with van der Waals surface area (Å²) in [5, 5.41) is 9.48. The van der Waals surface area contributed by atoms with Gasteiger partial charge < -0.3 is 15.6 Å². The van der Waals surface area contributed by atoms with Crippen molar-refractivity contribution >= 4 is 15.7 Å². The maximum absolute atomic E-state index is 12.5. The van der Waals surface area contributed by atoms with E-state index in [1.807, 2.05) is 0 Å². The molecule has 3 N–H and O–H groups in total. The minimum absolute atomic E-state index is 0.0588. The molecule has 19 heavy (non-hydrogen) atoms. The predicted octanol–water partition coefficient (Wildman–Crippen LogP) is 0.423. The first kappa shape index (κ1) is 14.1. The monoisotopic (exact) mass is 286 g/mol. The smallest absolute Gasteiger partial charge is 0.246 e. The number of nitrogens with two attached hydrogens (primary N) is 1. The van der Waals surface area contributed by atoms with Crippen LogP contribution in [-0.4, -0.2) is 43.6 Å². The van der Waals surface area contributed by atoms with Crippen molar-refractivity contribution in [1.29, 1.82) is 0 Å². The number of benzene rings is 1. The van der Waals surface area contributed by atoms with E-state index in [9.17, 15) is 13.5 Å². The van der Waals surface area contributed by atoms with Crippen LogP contribution in [0.4, 0.5) is 5.69 Å². The van der Waals surface area contributed by atoms with Crippen LogP contribution in [0.1, 0.15) is 13.3 Å². The lowest BCUT2D eigenvalue weighted by atomic mass is 10.3. The van der Waals surface area contributed by atoms with Gasteiger partial charge in [-0.15, -0.1) is 0 Å². The van der Waals surface area contributed by atoms with Crippen LogP contribution in [-0.2, 0) is 10.0 Å². The van der Waals surface area contributed by atoms with Crippen LogP contribution in [0.15, 0.2) is 23.1 Å². The second-order valence-corrected chi connectivity index (χ2v) is 6.35. The third kappa shape index (κ3) is 2.83. The first-order valence-corrected chi connectivity index (χ1v) is 7.59. The summed E-state index contributed by atoms with van der Waals surface area (Å²) in [5.74, 6) is 0.290. The number of aliphatic hydroxyl groups excluding tert-OH is 1. The molecule has 1 fully saturated rings. The third-order valence-electron chi connectivity index (χ3n) is 3.01. The van der Waals surface area contributed by atoms with Crippen molar-refractivity contribution in [1.82, 2.24) is 4.31 Å². The molecule has 1 aromatic carbocycles. The topological polar surface area (TPSA) is 92.9 Å². The van der Waals surface area contributed by atoms with Gasteiger partial charge in [-0.25, -0.2) is 8.42 Å². The van der Waals surface area contributed by atoms with Crippen molar-refractivity contribution < 1.29 is 18.3 Å². The van der Waals surface area contributed by atoms with E-state index >= 15 is 0 Å². The van der Waals surface area contributed by atoms with E-state index in [4.69, 9.17) is 10.5 Å². The number of nitrogens with zero attached hydrogens (tertiary/aromatic N) is 1. The number of anilines is 1. The number of rotatable bonds is 4. The van der Waals surface area contributed by atoms with Gasteiger partial charge in [-0.2, -0.15) is 4.31 Å². The lowest BCUT2D eigenvalue weighted by molar-refractivity contribution is 0.189. The minimum Gasteiger partial charge on any atom is -0.492 e. The Morgan fingerprint density at radius 2 is 2.26 bits per heavy atom. The lowest BCUT2D eigenvalue weighted by Gasteiger charge is -2.18. The Morgan fingerprint density at radius 1 is 1.53 bits per heavy atom. The van der Waals surface area contributed by atoms with Gasteiger partial charge in [0.1, 0.15) is 10.6 Å². The van der Waals surface area contributed by atoms with Gasteiger partial charge in [0.15, 0.2) is 0 Å². The summed E-state index contributed by atoms with van der Waals surface area (Å²) in [6.07, 6.45) is -0.155. The summed E-state index contributed by atoms with van der Waals surface area (Å²) in [5.41, 5.74) is 6.02. The molecule has 1 atom stereocenters. The Bertz CT molecular complexity index is 559. The largest absolute Gasteiger partial charge is 0.492 e. The second kappa shape index (κ2) is 5.36. The van der Waals surface area contributed by atoms with Crippen molar-refractivity contribution in [2.75, 3.05) is 25.4 Å². The first-order valence-electron chi connectivity index (χ1n) is 6.15. The highest BCUT2D eigenvalue weighted by Crippen LogP contribution is 2.30. The summed E-state index contributed by atoms with van der Waals surface area (Å²) in [6.45, 7) is 2.58. The summed E-state index contributed by atoms with van der Waals surface area (Å²) < 4.78 is 31.6. The fourth-order valence-corrected chi connectivity index (χ4v) is 3.73. The Kier molecular flexibility index (Phi) is 3.98. The number of aliphatic hydroxyl groups is 1. The minimum atomic E-state index is -3.68. The van der Waals surface area contributed by atoms with E-state index in [0.717, 1.165) is 0 Å². The van der Waals surface area contributed by atoms with Crippen LogP contribution in [0.25, 0.3) is 0 Å². The zero-order chi connectivity index (χ0) is 14.0. The standard InChI is InChI=1S/C12H18N2O4S/c1-2-18-11-4-3-9(13)7-12(11)19(16,17)14-6-5-10(15)8-14/h3-4,7,10,15H,2,5-6,8,13H2,1H3. The van der Waals surface area contributed by atoms with E-state index in [2.05, 4.69) is 0 Å². The number of hydrogen-bond donors (Lipinski definition) is 2. The van der Waals surface area contributed by atoms with Crippen molar-refractivity contribution in [3.8, 4) is 5.75 Å². The van der Waals surface area contributed by atoms with Gasteiger partial charge >= 0.3 is 0 Å². The molecule has 0 spiro atoms. The predicted molar refractivity (Wildman–Crippen MR) is 71.4 cm³/mol. The molecule has 0 aromatic heterocycles. The first-order chi connectivity index (χ1) is 8.95. The van der Waals surface area contributed by atoms with E-state index < -0.39 is 16.1 Å². The van der Waals surface area contributed by atoms with Gasteiger partial charge in [0, 0.05) is 18.8 Å². The molecule has 0 aliphatic carbocycles. The van der Waals surface area contributed by atoms with E-state index in [0.29, 0.717) is 25.3 Å². The van der Waals surface area contributed by atoms with Gasteiger partial charge in [-0.1, -0.05) is 0 Å². The third-order valence-corrected chi connectivity index (χ3v) is 4.90. The zero-order valence-electron chi connectivity index (χ0n) is 10.7. The molecule has 106 valence electrons. The van der Waals surface area contributed by atoms with Crippen LogP contribution in [0, 0.1) is 0 Å². The highest BCUT2D eigenvalue weighted by Gasteiger charge is 2.33. The summed E-state index contributed by atoms with van der Waals surface area (Å²) in [4.78, 5) is 0.0588. The van der Waals surface area contributed by atoms with Crippen molar-refractivity contribution in [2.24, 2.45) is 0 Å². The molecule has 0 amide bonds. The highest BCUT2D eigenvalue weighted by atomic mass is 32.2. The zero-order valence-corrected chi connectivity index (χ0v) is 11.6. The lowest BCUT2D eigenvalue weighted by Crippen LogP contribution is -2.30. The fourth-order valence-electron chi connectivity index (χ4n) is 2.07. The van der Waals surface area contributed by atoms with Gasteiger partial charge in [-0.3, -0.25) is 0 Å². The van der Waals surface area contributed by atoms with Crippen molar-refractivity contribution in [2.45, 2.75) is 24.3 Å². The molecule has 1 aliphatic heterocycles. The Morgan fingerprint density at radius 3 is 2.84 bits per heavy atom. The van der Waals surface area contributed by atoms with Gasteiger partial charge in [0.05, 0.1) is 12.7 Å². The molecule has 0 bridgehead atoms. The molecule has 7 heteroatoms. The maximum atomic E-state index is 12.5. The number of nitrogen functional groups attached to an aromatic ring is 1. The van der Waals surface area contributed by atoms with E-state index in [1.165, 1.54) is 10.4 Å². The van der Waals surface area contributed by atoms with Gasteiger partial charge in [-0.05, 0) is 31.5 Å². The number of β-amino-alcohol motifs (C(OH)–C–C–N with tert-alkyl or cyclic N) is 1. The molecule has 1 aromatic rings. The number of sulfonamides is 1. The molecule has 1 saturated heterocycles. The molecular weight excluding hydrogens is 268 g/mol. The SMILES string of the molecule is CCOc1ccc(N)cc1S(=O)(=O)N1CCC(O)C1.